The van der Waals surface area contributed by atoms with Gasteiger partial charge in [-0.05, 0) is 63.0 Å². The summed E-state index contributed by atoms with van der Waals surface area (Å²) in [6, 6.07) is 2.18. The first-order chi connectivity index (χ1) is 11.5. The summed E-state index contributed by atoms with van der Waals surface area (Å²) in [7, 11) is 0. The molecule has 1 aliphatic rings. The third-order valence-corrected chi connectivity index (χ3v) is 6.12. The number of nitrogens with two attached hydrogens (primary N) is 1. The third kappa shape index (κ3) is 3.66. The molecule has 0 saturated carbocycles. The smallest absolute Gasteiger partial charge is 0.263 e. The van der Waals surface area contributed by atoms with Crippen LogP contribution in [0.25, 0.3) is 10.2 Å². The number of carbonyl (C=O) groups is 1. The van der Waals surface area contributed by atoms with Crippen molar-refractivity contribution in [2.24, 2.45) is 11.3 Å². The quantitative estimate of drug-likeness (QED) is 0.784. The first-order valence-corrected chi connectivity index (χ1v) is 9.80. The molecule has 0 unspecified atom stereocenters. The van der Waals surface area contributed by atoms with Crippen molar-refractivity contribution in [3.63, 3.8) is 0 Å². The van der Waals surface area contributed by atoms with E-state index < -0.39 is 0 Å². The lowest BCUT2D eigenvalue weighted by Crippen LogP contribution is -2.40. The minimum absolute atomic E-state index is 0.112. The molecular formula is C20H29N3OS. The predicted octanol–water partition coefficient (Wildman–Crippen LogP) is 4.56. The second-order valence-electron chi connectivity index (χ2n) is 9.30. The Balaban J connectivity index is 1.99. The number of aromatic nitrogens is 1. The number of fused-ring (bicyclic) bond motifs is 2. The van der Waals surface area contributed by atoms with Crippen LogP contribution in [0.4, 0.5) is 5.69 Å². The monoisotopic (exact) mass is 359 g/mol. The summed E-state index contributed by atoms with van der Waals surface area (Å²) in [5, 5.41) is 3.93. The molecule has 3 N–H and O–H groups in total. The SMILES string of the molecule is CC(C)(C)NC(=O)c1sc2nc3c(cc2c1N)C[C@H](C(C)(C)C)CC3. The Kier molecular flexibility index (Phi) is 4.34. The van der Waals surface area contributed by atoms with Gasteiger partial charge < -0.3 is 11.1 Å². The summed E-state index contributed by atoms with van der Waals surface area (Å²) in [4.78, 5) is 18.9. The topological polar surface area (TPSA) is 68.0 Å². The van der Waals surface area contributed by atoms with E-state index in [0.717, 1.165) is 23.1 Å². The van der Waals surface area contributed by atoms with E-state index in [-0.39, 0.29) is 11.4 Å². The molecule has 1 amide bonds. The van der Waals surface area contributed by atoms with Crippen molar-refractivity contribution in [2.45, 2.75) is 66.3 Å². The third-order valence-electron chi connectivity index (χ3n) is 5.01. The van der Waals surface area contributed by atoms with Crippen LogP contribution in [-0.4, -0.2) is 16.4 Å². The van der Waals surface area contributed by atoms with Gasteiger partial charge in [-0.2, -0.15) is 0 Å². The van der Waals surface area contributed by atoms with Crippen LogP contribution in [0.2, 0.25) is 0 Å². The summed E-state index contributed by atoms with van der Waals surface area (Å²) < 4.78 is 0. The fourth-order valence-corrected chi connectivity index (χ4v) is 4.49. The average Bonchev–Trinajstić information content (AvgIpc) is 2.78. The Bertz CT molecular complexity index is 824. The maximum Gasteiger partial charge on any atom is 0.263 e. The molecule has 2 aromatic rings. The van der Waals surface area contributed by atoms with E-state index in [1.807, 2.05) is 20.8 Å². The van der Waals surface area contributed by atoms with Crippen LogP contribution in [0, 0.1) is 11.3 Å². The number of hydrogen-bond donors (Lipinski definition) is 2. The van der Waals surface area contributed by atoms with Crippen molar-refractivity contribution >= 4 is 33.1 Å². The number of thiophene rings is 1. The van der Waals surface area contributed by atoms with Crippen LogP contribution in [0.15, 0.2) is 6.07 Å². The van der Waals surface area contributed by atoms with Gasteiger partial charge in [-0.3, -0.25) is 4.79 Å². The fraction of sp³-hybridized carbons (Fsp3) is 0.600. The largest absolute Gasteiger partial charge is 0.397 e. The predicted molar refractivity (Wildman–Crippen MR) is 106 cm³/mol. The molecule has 0 spiro atoms. The van der Waals surface area contributed by atoms with Gasteiger partial charge in [-0.25, -0.2) is 4.98 Å². The van der Waals surface area contributed by atoms with Gasteiger partial charge in [0.25, 0.3) is 5.91 Å². The molecule has 4 nitrogen and oxygen atoms in total. The van der Waals surface area contributed by atoms with Crippen molar-refractivity contribution in [1.82, 2.24) is 10.3 Å². The van der Waals surface area contributed by atoms with Crippen LogP contribution in [0.1, 0.15) is 68.9 Å². The zero-order valence-electron chi connectivity index (χ0n) is 16.1. The standard InChI is InChI=1S/C20H29N3OS/c1-19(2,3)12-7-8-14-11(9-12)10-13-15(21)16(25-18(13)22-14)17(24)23-20(4,5)6/h10,12H,7-9,21H2,1-6H3,(H,23,24)/t12-/m1/s1. The van der Waals surface area contributed by atoms with Crippen LogP contribution < -0.4 is 11.1 Å². The summed E-state index contributed by atoms with van der Waals surface area (Å²) in [5.41, 5.74) is 9.37. The molecule has 0 saturated heterocycles. The molecule has 5 heteroatoms. The number of carbonyl (C=O) groups excluding carboxylic acids is 1. The Hall–Kier alpha value is -1.62. The van der Waals surface area contributed by atoms with E-state index in [4.69, 9.17) is 10.7 Å². The number of anilines is 1. The van der Waals surface area contributed by atoms with Gasteiger partial charge >= 0.3 is 0 Å². The van der Waals surface area contributed by atoms with Gasteiger partial charge in [0.05, 0.1) is 5.69 Å². The number of nitrogens with one attached hydrogen (secondary N) is 1. The fourth-order valence-electron chi connectivity index (χ4n) is 3.50. The van der Waals surface area contributed by atoms with Crippen molar-refractivity contribution in [2.75, 3.05) is 5.73 Å². The summed E-state index contributed by atoms with van der Waals surface area (Å²) >= 11 is 1.40. The number of nitrogen functional groups attached to an aromatic ring is 1. The minimum atomic E-state index is -0.285. The molecule has 3 rings (SSSR count). The zero-order chi connectivity index (χ0) is 18.6. The Morgan fingerprint density at radius 3 is 2.56 bits per heavy atom. The summed E-state index contributed by atoms with van der Waals surface area (Å²) in [6.45, 7) is 12.8. The Morgan fingerprint density at radius 2 is 1.96 bits per heavy atom. The molecular weight excluding hydrogens is 330 g/mol. The van der Waals surface area contributed by atoms with Crippen LogP contribution in [0.5, 0.6) is 0 Å². The molecule has 1 aliphatic carbocycles. The number of hydrogen-bond acceptors (Lipinski definition) is 4. The van der Waals surface area contributed by atoms with Crippen molar-refractivity contribution in [1.29, 1.82) is 0 Å². The van der Waals surface area contributed by atoms with Crippen molar-refractivity contribution in [3.05, 3.63) is 22.2 Å². The molecule has 1 atom stereocenters. The van der Waals surface area contributed by atoms with Crippen LogP contribution in [-0.2, 0) is 12.8 Å². The lowest BCUT2D eigenvalue weighted by Gasteiger charge is -2.34. The molecule has 25 heavy (non-hydrogen) atoms. The van der Waals surface area contributed by atoms with Crippen LogP contribution >= 0.6 is 11.3 Å². The average molecular weight is 360 g/mol. The van der Waals surface area contributed by atoms with E-state index in [2.05, 4.69) is 32.2 Å². The van der Waals surface area contributed by atoms with E-state index >= 15 is 0 Å². The number of rotatable bonds is 1. The highest BCUT2D eigenvalue weighted by atomic mass is 32.1. The minimum Gasteiger partial charge on any atom is -0.397 e. The molecule has 0 aliphatic heterocycles. The summed E-state index contributed by atoms with van der Waals surface area (Å²) in [5.74, 6) is 0.543. The molecule has 0 radical (unpaired) electrons. The van der Waals surface area contributed by atoms with Gasteiger partial charge in [0.15, 0.2) is 0 Å². The second kappa shape index (κ2) is 5.97. The number of nitrogens with zero attached hydrogens (tertiary/aromatic N) is 1. The van der Waals surface area contributed by atoms with Crippen LogP contribution in [0.3, 0.4) is 0 Å². The number of pyridine rings is 1. The highest BCUT2D eigenvalue weighted by Gasteiger charge is 2.30. The van der Waals surface area contributed by atoms with Gasteiger partial charge in [-0.1, -0.05) is 20.8 Å². The van der Waals surface area contributed by atoms with E-state index in [0.29, 0.717) is 21.9 Å². The Morgan fingerprint density at radius 1 is 1.28 bits per heavy atom. The van der Waals surface area contributed by atoms with Gasteiger partial charge in [0, 0.05) is 16.6 Å². The van der Waals surface area contributed by atoms with Crippen molar-refractivity contribution < 1.29 is 4.79 Å². The molecule has 0 fully saturated rings. The van der Waals surface area contributed by atoms with E-state index in [9.17, 15) is 4.79 Å². The Labute approximate surface area is 154 Å². The van der Waals surface area contributed by atoms with Gasteiger partial charge in [0.2, 0.25) is 0 Å². The molecule has 136 valence electrons. The van der Waals surface area contributed by atoms with E-state index in [1.165, 1.54) is 29.0 Å². The molecule has 0 aromatic carbocycles. The highest BCUT2D eigenvalue weighted by Crippen LogP contribution is 2.40. The number of amides is 1. The zero-order valence-corrected chi connectivity index (χ0v) is 16.9. The summed E-state index contributed by atoms with van der Waals surface area (Å²) in [6.07, 6.45) is 3.22. The van der Waals surface area contributed by atoms with Gasteiger partial charge in [0.1, 0.15) is 9.71 Å². The highest BCUT2D eigenvalue weighted by molar-refractivity contribution is 7.21. The lowest BCUT2D eigenvalue weighted by atomic mass is 9.71. The molecule has 2 aromatic heterocycles. The molecule has 0 bridgehead atoms. The van der Waals surface area contributed by atoms with Crippen molar-refractivity contribution in [3.8, 4) is 0 Å². The molecule has 2 heterocycles. The first kappa shape index (κ1) is 18.2. The maximum absolute atomic E-state index is 12.5. The first-order valence-electron chi connectivity index (χ1n) is 8.99. The second-order valence-corrected chi connectivity index (χ2v) is 10.3. The number of aryl methyl sites for hydroxylation is 1. The maximum atomic E-state index is 12.5. The lowest BCUT2D eigenvalue weighted by molar-refractivity contribution is 0.0924. The van der Waals surface area contributed by atoms with Gasteiger partial charge in [-0.15, -0.1) is 11.3 Å². The normalized spacial score (nSPS) is 18.2. The van der Waals surface area contributed by atoms with E-state index in [1.54, 1.807) is 0 Å².